The maximum Gasteiger partial charge on any atom is 0.289 e. The smallest absolute Gasteiger partial charge is 0.289 e. The molecule has 3 aliphatic rings. The zero-order valence-corrected chi connectivity index (χ0v) is 57.0. The summed E-state index contributed by atoms with van der Waals surface area (Å²) in [6.07, 6.45) is 2.27. The Hall–Kier alpha value is -9.99. The van der Waals surface area contributed by atoms with Crippen LogP contribution in [0.2, 0.25) is 15.1 Å². The van der Waals surface area contributed by atoms with Crippen LogP contribution in [0, 0.1) is 46.7 Å². The van der Waals surface area contributed by atoms with Crippen molar-refractivity contribution in [2.75, 3.05) is 135 Å². The van der Waals surface area contributed by atoms with Crippen LogP contribution in [0.15, 0.2) is 140 Å². The van der Waals surface area contributed by atoms with Crippen LogP contribution in [0.25, 0.3) is 32.7 Å². The molecule has 0 aliphatic carbocycles. The third kappa shape index (κ3) is 15.2. The highest BCUT2D eigenvalue weighted by atomic mass is 35.5. The van der Waals surface area contributed by atoms with Gasteiger partial charge in [-0.05, 0) is 139 Å². The second kappa shape index (κ2) is 30.8. The number of rotatable bonds is 13. The number of carbonyl (C=O) groups is 3. The molecule has 12 rings (SSSR count). The standard InChI is InChI=1S/C27H29Cl2N5O2.C25H26FN5O2.C20H17ClN4O3/c1-18-5-8-24-20(15-18)25(21(17-30)27(36)34(24)10-4-9-31(2)3)32-11-13-33(14-12-32)26(35)19-6-7-22(28)23(29)16-19;1-28(2)11-16-31-22-6-4-3-5-20(22)23(21(17-27)25(31)33)29-12-14-30(15-13-29)24(32)18-7-9-19(26)10-8-18;1-23-16-5-4-13(21)11-14(16)18(15(12-22)19(23)26)24-6-8-25(9-7-24)20(27)17-3-2-10-28-17/h5-8,15-16H,4,9-14H2,1-3H3;3-10H,11-16H2,1-2H3;2-5,10-11H,6-9H2,1H3. The van der Waals surface area contributed by atoms with Crippen molar-refractivity contribution in [1.82, 2.24) is 38.2 Å². The van der Waals surface area contributed by atoms with Gasteiger partial charge in [-0.2, -0.15) is 15.8 Å². The molecule has 7 heterocycles. The highest BCUT2D eigenvalue weighted by Crippen LogP contribution is 2.35. The summed E-state index contributed by atoms with van der Waals surface area (Å²) in [7, 11) is 9.53. The first kappa shape index (κ1) is 69.8. The molecule has 97 heavy (non-hydrogen) atoms. The zero-order chi connectivity index (χ0) is 69.4. The predicted molar refractivity (Wildman–Crippen MR) is 377 cm³/mol. The highest BCUT2D eigenvalue weighted by Gasteiger charge is 2.32. The summed E-state index contributed by atoms with van der Waals surface area (Å²) in [6, 6.07) is 39.0. The predicted octanol–water partition coefficient (Wildman–Crippen LogP) is 9.56. The first-order valence-corrected chi connectivity index (χ1v) is 32.8. The molecule has 25 heteroatoms. The van der Waals surface area contributed by atoms with Gasteiger partial charge in [0, 0.05) is 138 Å². The van der Waals surface area contributed by atoms with Crippen molar-refractivity contribution in [3.63, 3.8) is 0 Å². The maximum absolute atomic E-state index is 13.5. The molecule has 0 radical (unpaired) electrons. The summed E-state index contributed by atoms with van der Waals surface area (Å²) in [5.41, 5.74) is 5.64. The second-order valence-corrected chi connectivity index (χ2v) is 25.6. The molecule has 3 saturated heterocycles. The van der Waals surface area contributed by atoms with Gasteiger partial charge in [-0.3, -0.25) is 28.8 Å². The number of aromatic nitrogens is 3. The number of hydrogen-bond acceptors (Lipinski definition) is 15. The van der Waals surface area contributed by atoms with E-state index in [0.717, 1.165) is 45.7 Å². The van der Waals surface area contributed by atoms with E-state index in [1.54, 1.807) is 79.4 Å². The van der Waals surface area contributed by atoms with Crippen molar-refractivity contribution in [2.45, 2.75) is 26.4 Å². The van der Waals surface area contributed by atoms with Crippen LogP contribution >= 0.6 is 34.8 Å². The Balaban J connectivity index is 0.000000159. The van der Waals surface area contributed by atoms with Gasteiger partial charge in [0.2, 0.25) is 0 Å². The molecule has 21 nitrogen and oxygen atoms in total. The number of likely N-dealkylation sites (N-methyl/N-ethyl adjacent to an activating group) is 1. The van der Waals surface area contributed by atoms with Crippen LogP contribution in [0.4, 0.5) is 21.5 Å². The minimum Gasteiger partial charge on any atom is -0.459 e. The molecule has 4 aromatic heterocycles. The highest BCUT2D eigenvalue weighted by molar-refractivity contribution is 6.42. The van der Waals surface area contributed by atoms with Crippen LogP contribution in [-0.2, 0) is 20.1 Å². The number of piperazine rings is 3. The quantitative estimate of drug-likeness (QED) is 0.105. The number of benzene rings is 5. The molecule has 0 unspecified atom stereocenters. The van der Waals surface area contributed by atoms with Gasteiger partial charge < -0.3 is 57.3 Å². The van der Waals surface area contributed by atoms with Gasteiger partial charge in [0.1, 0.15) is 40.7 Å². The van der Waals surface area contributed by atoms with Crippen molar-refractivity contribution < 1.29 is 23.2 Å². The minimum absolute atomic E-state index is 0.0862. The Morgan fingerprint density at radius 2 is 0.990 bits per heavy atom. The average molecular weight is 1370 g/mol. The van der Waals surface area contributed by atoms with Crippen molar-refractivity contribution in [3.8, 4) is 18.2 Å². The Labute approximate surface area is 575 Å². The number of carbonyl (C=O) groups excluding carboxylic acids is 3. The number of fused-ring (bicyclic) bond motifs is 3. The SMILES string of the molecule is CN(C)CCn1c(=O)c(C#N)c(N2CCN(C(=O)c3ccc(F)cc3)CC2)c2ccccc21.Cc1ccc2c(c1)c(N1CCN(C(=O)c3ccc(Cl)c(Cl)c3)CC1)c(C#N)c(=O)n2CCCN(C)C.Cn1c(=O)c(C#N)c(N2CCN(C(=O)c3ccco3)CC2)c2cc(Cl)ccc21. The van der Waals surface area contributed by atoms with Crippen LogP contribution in [0.1, 0.15) is 59.9 Å². The fourth-order valence-electron chi connectivity index (χ4n) is 12.6. The largest absolute Gasteiger partial charge is 0.459 e. The van der Waals surface area contributed by atoms with Crippen LogP contribution in [0.5, 0.6) is 0 Å². The summed E-state index contributed by atoms with van der Waals surface area (Å²) in [5.74, 6) is -0.517. The van der Waals surface area contributed by atoms with Crippen molar-refractivity contribution >= 4 is 102 Å². The van der Waals surface area contributed by atoms with Gasteiger partial charge in [0.05, 0.1) is 49.9 Å². The van der Waals surface area contributed by atoms with E-state index in [1.807, 2.05) is 92.3 Å². The third-order valence-corrected chi connectivity index (χ3v) is 18.6. The Bertz CT molecular complexity index is 4780. The van der Waals surface area contributed by atoms with Gasteiger partial charge >= 0.3 is 0 Å². The summed E-state index contributed by atoms with van der Waals surface area (Å²) < 4.78 is 23.2. The number of pyridine rings is 3. The molecule has 3 amide bonds. The van der Waals surface area contributed by atoms with E-state index in [4.69, 9.17) is 39.2 Å². The number of nitriles is 3. The normalized spacial score (nSPS) is 14.1. The van der Waals surface area contributed by atoms with Crippen molar-refractivity contribution in [1.29, 1.82) is 15.8 Å². The van der Waals surface area contributed by atoms with E-state index in [9.17, 15) is 48.9 Å². The Morgan fingerprint density at radius 3 is 1.53 bits per heavy atom. The van der Waals surface area contributed by atoms with Gasteiger partial charge in [-0.15, -0.1) is 0 Å². The molecular weight excluding hydrogens is 1300 g/mol. The fraction of sp³-hybridized carbons (Fsp3) is 0.319. The number of para-hydroxylation sites is 1. The molecular formula is C72H72Cl3FN14O7. The number of halogens is 4. The number of amides is 3. The monoisotopic (exact) mass is 1370 g/mol. The number of hydrogen-bond donors (Lipinski definition) is 0. The fourth-order valence-corrected chi connectivity index (χ4v) is 13.0. The van der Waals surface area contributed by atoms with Gasteiger partial charge in [-0.1, -0.05) is 64.6 Å². The lowest BCUT2D eigenvalue weighted by molar-refractivity contribution is 0.0712. The van der Waals surface area contributed by atoms with Crippen LogP contribution in [0.3, 0.4) is 0 Å². The molecule has 3 aliphatic heterocycles. The first-order valence-electron chi connectivity index (χ1n) is 31.6. The lowest BCUT2D eigenvalue weighted by Crippen LogP contribution is -2.49. The second-order valence-electron chi connectivity index (χ2n) is 24.4. The van der Waals surface area contributed by atoms with E-state index in [1.165, 1.54) is 35.1 Å². The van der Waals surface area contributed by atoms with E-state index in [0.29, 0.717) is 153 Å². The summed E-state index contributed by atoms with van der Waals surface area (Å²) >= 11 is 18.3. The summed E-state index contributed by atoms with van der Waals surface area (Å²) in [5, 5.41) is 33.4. The van der Waals surface area contributed by atoms with Crippen molar-refractivity contribution in [3.05, 3.63) is 213 Å². The van der Waals surface area contributed by atoms with E-state index in [-0.39, 0.29) is 56.9 Å². The Morgan fingerprint density at radius 1 is 0.505 bits per heavy atom. The number of aryl methyl sites for hydroxylation is 3. The number of nitrogens with zero attached hydrogens (tertiary/aromatic N) is 14. The molecule has 5 aromatic carbocycles. The zero-order valence-electron chi connectivity index (χ0n) is 54.7. The summed E-state index contributed by atoms with van der Waals surface area (Å²) in [4.78, 5) is 93.1. The van der Waals surface area contributed by atoms with Gasteiger partial charge in [0.25, 0.3) is 34.4 Å². The third-order valence-electron chi connectivity index (χ3n) is 17.6. The van der Waals surface area contributed by atoms with E-state index < -0.39 is 0 Å². The van der Waals surface area contributed by atoms with Crippen molar-refractivity contribution in [2.24, 2.45) is 7.05 Å². The Kier molecular flexibility index (Phi) is 22.2. The molecule has 0 atom stereocenters. The lowest BCUT2D eigenvalue weighted by atomic mass is 10.0. The molecule has 0 N–H and O–H groups in total. The summed E-state index contributed by atoms with van der Waals surface area (Å²) in [6.45, 7) is 10.3. The molecule has 3 fully saturated rings. The van der Waals surface area contributed by atoms with Crippen LogP contribution in [-0.4, -0.2) is 176 Å². The van der Waals surface area contributed by atoms with Gasteiger partial charge in [-0.25, -0.2) is 4.39 Å². The molecule has 0 spiro atoms. The topological polar surface area (TPSA) is 228 Å². The van der Waals surface area contributed by atoms with E-state index in [2.05, 4.69) is 28.0 Å². The molecule has 500 valence electrons. The molecule has 0 saturated carbocycles. The average Bonchev–Trinajstić information content (AvgIpc) is 0.884. The lowest BCUT2D eigenvalue weighted by Gasteiger charge is -2.37. The molecule has 0 bridgehead atoms. The number of anilines is 3. The van der Waals surface area contributed by atoms with Crippen LogP contribution < -0.4 is 31.4 Å². The maximum atomic E-state index is 13.5. The minimum atomic E-state index is -0.382. The van der Waals surface area contributed by atoms with E-state index >= 15 is 0 Å². The first-order chi connectivity index (χ1) is 46.6. The van der Waals surface area contributed by atoms with Gasteiger partial charge in [0.15, 0.2) is 5.76 Å². The number of furan rings is 1. The molecule has 9 aromatic rings.